The van der Waals surface area contributed by atoms with E-state index in [-0.39, 0.29) is 23.3 Å². The Balaban J connectivity index is 1.37. The van der Waals surface area contributed by atoms with Crippen molar-refractivity contribution < 1.29 is 19.1 Å². The number of fused-ring (bicyclic) bond motifs is 1. The quantitative estimate of drug-likeness (QED) is 0.352. The van der Waals surface area contributed by atoms with Gasteiger partial charge in [0.1, 0.15) is 12.4 Å². The average molecular weight is 548 g/mol. The molecule has 0 unspecified atom stereocenters. The van der Waals surface area contributed by atoms with Crippen LogP contribution in [0.15, 0.2) is 49.3 Å². The van der Waals surface area contributed by atoms with Gasteiger partial charge in [-0.3, -0.25) is 14.6 Å². The second kappa shape index (κ2) is 9.96. The van der Waals surface area contributed by atoms with Crippen LogP contribution in [0.1, 0.15) is 35.3 Å². The SMILES string of the molecule is C=CC(=O)N1CC2(CCC2)[C@H]1COc1cnccc1-c1[nH]c2c(c1Nc1cccc(Cl)c1OC)C(=O)NCC2. The number of anilines is 2. The molecule has 2 aromatic heterocycles. The van der Waals surface area contributed by atoms with Crippen LogP contribution in [0.25, 0.3) is 11.3 Å². The Hall–Kier alpha value is -3.98. The van der Waals surface area contributed by atoms with E-state index in [4.69, 9.17) is 21.1 Å². The Kier molecular flexibility index (Phi) is 6.46. The third-order valence-corrected chi connectivity index (χ3v) is 8.52. The summed E-state index contributed by atoms with van der Waals surface area (Å²) in [6.07, 6.45) is 8.74. The van der Waals surface area contributed by atoms with E-state index in [1.54, 1.807) is 25.6 Å². The van der Waals surface area contributed by atoms with Crippen molar-refractivity contribution in [2.24, 2.45) is 5.41 Å². The summed E-state index contributed by atoms with van der Waals surface area (Å²) < 4.78 is 11.9. The summed E-state index contributed by atoms with van der Waals surface area (Å²) in [6.45, 7) is 5.30. The van der Waals surface area contributed by atoms with Crippen LogP contribution in [0.2, 0.25) is 5.02 Å². The van der Waals surface area contributed by atoms with Crippen LogP contribution in [-0.4, -0.2) is 59.5 Å². The molecule has 3 aromatic rings. The molecule has 202 valence electrons. The smallest absolute Gasteiger partial charge is 0.255 e. The number of pyridine rings is 1. The van der Waals surface area contributed by atoms with Crippen LogP contribution >= 0.6 is 11.6 Å². The highest BCUT2D eigenvalue weighted by Crippen LogP contribution is 2.53. The van der Waals surface area contributed by atoms with Crippen molar-refractivity contribution in [2.75, 3.05) is 32.1 Å². The molecular formula is C29H30ClN5O4. The van der Waals surface area contributed by atoms with E-state index in [0.717, 1.165) is 30.6 Å². The summed E-state index contributed by atoms with van der Waals surface area (Å²) in [6, 6.07) is 7.26. The van der Waals surface area contributed by atoms with Gasteiger partial charge in [-0.1, -0.05) is 30.7 Å². The van der Waals surface area contributed by atoms with Gasteiger partial charge in [0.2, 0.25) is 5.91 Å². The molecule has 0 radical (unpaired) electrons. The van der Waals surface area contributed by atoms with Gasteiger partial charge in [-0.2, -0.15) is 0 Å². The number of hydrogen-bond donors (Lipinski definition) is 3. The highest BCUT2D eigenvalue weighted by Gasteiger charge is 2.57. The number of amides is 2. The predicted octanol–water partition coefficient (Wildman–Crippen LogP) is 4.71. The van der Waals surface area contributed by atoms with Gasteiger partial charge >= 0.3 is 0 Å². The standard InChI is InChI=1S/C29H30ClN5O4/c1-3-23(36)35-16-29(10-5-11-29)22(35)15-39-21-14-31-12-8-17(21)25-26(24-19(33-25)9-13-32-28(24)37)34-20-7-4-6-18(30)27(20)38-2/h3-4,6-8,12,14,22,33-34H,1,5,9-11,13,15-16H2,2H3,(H,32,37)/t22-/m1/s1. The molecule has 2 amide bonds. The summed E-state index contributed by atoms with van der Waals surface area (Å²) in [5, 5.41) is 6.79. The molecule has 1 aromatic carbocycles. The van der Waals surface area contributed by atoms with Crippen LogP contribution in [-0.2, 0) is 11.2 Å². The molecule has 3 N–H and O–H groups in total. The Morgan fingerprint density at radius 1 is 1.36 bits per heavy atom. The topological polar surface area (TPSA) is 109 Å². The van der Waals surface area contributed by atoms with Crippen molar-refractivity contribution in [1.29, 1.82) is 0 Å². The van der Waals surface area contributed by atoms with Crippen molar-refractivity contribution in [3.8, 4) is 22.8 Å². The van der Waals surface area contributed by atoms with E-state index in [2.05, 4.69) is 27.2 Å². The van der Waals surface area contributed by atoms with E-state index in [9.17, 15) is 9.59 Å². The van der Waals surface area contributed by atoms with Gasteiger partial charge in [0.15, 0.2) is 5.75 Å². The second-order valence-corrected chi connectivity index (χ2v) is 10.7. The number of nitrogens with zero attached hydrogens (tertiary/aromatic N) is 2. The fourth-order valence-corrected chi connectivity index (χ4v) is 6.29. The van der Waals surface area contributed by atoms with Gasteiger partial charge in [0.05, 0.1) is 47.0 Å². The van der Waals surface area contributed by atoms with Crippen molar-refractivity contribution in [3.63, 3.8) is 0 Å². The molecule has 4 heterocycles. The molecular weight excluding hydrogens is 518 g/mol. The summed E-state index contributed by atoms with van der Waals surface area (Å²) in [5.41, 5.74) is 4.16. The number of hydrogen-bond acceptors (Lipinski definition) is 6. The highest BCUT2D eigenvalue weighted by atomic mass is 35.5. The number of likely N-dealkylation sites (tertiary alicyclic amines) is 1. The maximum Gasteiger partial charge on any atom is 0.255 e. The van der Waals surface area contributed by atoms with Crippen molar-refractivity contribution in [3.05, 3.63) is 65.6 Å². The first-order valence-electron chi connectivity index (χ1n) is 13.1. The number of aromatic nitrogens is 2. The molecule has 1 saturated heterocycles. The molecule has 1 aliphatic carbocycles. The van der Waals surface area contributed by atoms with Crippen molar-refractivity contribution in [1.82, 2.24) is 20.2 Å². The zero-order valence-corrected chi connectivity index (χ0v) is 22.4. The second-order valence-electron chi connectivity index (χ2n) is 10.3. The first-order chi connectivity index (χ1) is 19.0. The Bertz CT molecular complexity index is 1460. The first-order valence-corrected chi connectivity index (χ1v) is 13.5. The van der Waals surface area contributed by atoms with Gasteiger partial charge in [-0.25, -0.2) is 0 Å². The van der Waals surface area contributed by atoms with Crippen LogP contribution in [0.4, 0.5) is 11.4 Å². The van der Waals surface area contributed by atoms with Crippen LogP contribution in [0.3, 0.4) is 0 Å². The zero-order valence-electron chi connectivity index (χ0n) is 21.7. The normalized spacial score (nSPS) is 18.9. The molecule has 1 saturated carbocycles. The number of rotatable bonds is 8. The lowest BCUT2D eigenvalue weighted by molar-refractivity contribution is -0.167. The predicted molar refractivity (Wildman–Crippen MR) is 149 cm³/mol. The summed E-state index contributed by atoms with van der Waals surface area (Å²) in [4.78, 5) is 35.1. The number of carbonyl (C=O) groups is 2. The summed E-state index contributed by atoms with van der Waals surface area (Å²) in [5.74, 6) is 0.798. The lowest BCUT2D eigenvalue weighted by Gasteiger charge is -2.61. The average Bonchev–Trinajstić information content (AvgIpc) is 3.27. The van der Waals surface area contributed by atoms with Gasteiger partial charge in [-0.15, -0.1) is 0 Å². The van der Waals surface area contributed by atoms with Crippen LogP contribution < -0.4 is 20.1 Å². The lowest BCUT2D eigenvalue weighted by atomic mass is 9.58. The first kappa shape index (κ1) is 25.3. The number of nitrogens with one attached hydrogen (secondary N) is 3. The van der Waals surface area contributed by atoms with Gasteiger partial charge in [0.25, 0.3) is 5.91 Å². The van der Waals surface area contributed by atoms with E-state index < -0.39 is 0 Å². The minimum atomic E-state index is -0.168. The number of para-hydroxylation sites is 1. The number of H-pyrrole nitrogens is 1. The maximum absolute atomic E-state index is 13.0. The van der Waals surface area contributed by atoms with Crippen LogP contribution in [0.5, 0.6) is 11.5 Å². The molecule has 3 aliphatic rings. The Labute approximate surface area is 231 Å². The number of halogens is 1. The molecule has 10 heteroatoms. The van der Waals surface area contributed by atoms with Crippen molar-refractivity contribution >= 4 is 34.8 Å². The lowest BCUT2D eigenvalue weighted by Crippen LogP contribution is -2.70. The number of ether oxygens (including phenoxy) is 2. The fraction of sp³-hybridized carbons (Fsp3) is 0.345. The largest absolute Gasteiger partial charge is 0.493 e. The minimum Gasteiger partial charge on any atom is -0.493 e. The zero-order chi connectivity index (χ0) is 27.1. The van der Waals surface area contributed by atoms with Gasteiger partial charge < -0.3 is 30.0 Å². The number of carbonyl (C=O) groups excluding carboxylic acids is 2. The third kappa shape index (κ3) is 4.21. The molecule has 39 heavy (non-hydrogen) atoms. The minimum absolute atomic E-state index is 0.0132. The van der Waals surface area contributed by atoms with Crippen LogP contribution in [0, 0.1) is 5.41 Å². The number of aromatic amines is 1. The van der Waals surface area contributed by atoms with E-state index in [0.29, 0.717) is 58.7 Å². The molecule has 6 rings (SSSR count). The highest BCUT2D eigenvalue weighted by molar-refractivity contribution is 6.32. The molecule has 2 aliphatic heterocycles. The molecule has 1 spiro atoms. The van der Waals surface area contributed by atoms with Gasteiger partial charge in [-0.05, 0) is 37.1 Å². The molecule has 2 fully saturated rings. The summed E-state index contributed by atoms with van der Waals surface area (Å²) in [7, 11) is 1.55. The Morgan fingerprint density at radius 3 is 2.95 bits per heavy atom. The van der Waals surface area contributed by atoms with E-state index in [1.807, 2.05) is 23.1 Å². The summed E-state index contributed by atoms with van der Waals surface area (Å²) >= 11 is 6.38. The van der Waals surface area contributed by atoms with Crippen molar-refractivity contribution in [2.45, 2.75) is 31.7 Å². The number of benzene rings is 1. The molecule has 1 atom stereocenters. The van der Waals surface area contributed by atoms with E-state index in [1.165, 1.54) is 12.5 Å². The van der Waals surface area contributed by atoms with Gasteiger partial charge in [0, 0.05) is 42.4 Å². The monoisotopic (exact) mass is 547 g/mol. The Morgan fingerprint density at radius 2 is 2.21 bits per heavy atom. The maximum atomic E-state index is 13.0. The third-order valence-electron chi connectivity index (χ3n) is 8.22. The molecule has 9 nitrogen and oxygen atoms in total. The fourth-order valence-electron chi connectivity index (χ4n) is 6.04. The molecule has 0 bridgehead atoms. The van der Waals surface area contributed by atoms with E-state index >= 15 is 0 Å². The number of methoxy groups -OCH3 is 1.